The minimum atomic E-state index is 0.841. The summed E-state index contributed by atoms with van der Waals surface area (Å²) in [5, 5.41) is 3.43. The Bertz CT molecular complexity index is 332. The summed E-state index contributed by atoms with van der Waals surface area (Å²) in [6.07, 6.45) is 2.72. The molecule has 1 aromatic heterocycles. The van der Waals surface area contributed by atoms with Crippen molar-refractivity contribution in [3.8, 4) is 0 Å². The van der Waals surface area contributed by atoms with E-state index in [-0.39, 0.29) is 0 Å². The molecule has 0 amide bonds. The van der Waals surface area contributed by atoms with Gasteiger partial charge in [-0.2, -0.15) is 0 Å². The molecule has 1 saturated heterocycles. The minimum absolute atomic E-state index is 0.841. The summed E-state index contributed by atoms with van der Waals surface area (Å²) >= 11 is 2.20. The van der Waals surface area contributed by atoms with Crippen molar-refractivity contribution >= 4 is 22.6 Å². The molecule has 1 N–H and O–H groups in total. The highest BCUT2D eigenvalue weighted by Gasteiger charge is 2.14. The zero-order valence-corrected chi connectivity index (χ0v) is 12.6. The van der Waals surface area contributed by atoms with Crippen LogP contribution in [0.5, 0.6) is 0 Å². The molecular weight excluding hydrogens is 327 g/mol. The number of halogens is 1. The number of hydrogen-bond acceptors (Lipinski definition) is 3. The number of nitrogens with zero attached hydrogens (tertiary/aromatic N) is 1. The van der Waals surface area contributed by atoms with Crippen LogP contribution in [0.1, 0.15) is 25.5 Å². The van der Waals surface area contributed by atoms with Crippen LogP contribution in [0.2, 0.25) is 0 Å². The van der Waals surface area contributed by atoms with Crippen molar-refractivity contribution in [2.24, 2.45) is 5.92 Å². The zero-order chi connectivity index (χ0) is 12.1. The van der Waals surface area contributed by atoms with Crippen molar-refractivity contribution in [3.05, 3.63) is 21.7 Å². The van der Waals surface area contributed by atoms with E-state index in [9.17, 15) is 0 Å². The smallest absolute Gasteiger partial charge is 0.164 e. The van der Waals surface area contributed by atoms with E-state index in [0.29, 0.717) is 0 Å². The first kappa shape index (κ1) is 13.4. The fourth-order valence-corrected chi connectivity index (χ4v) is 2.64. The van der Waals surface area contributed by atoms with Gasteiger partial charge in [0.25, 0.3) is 0 Å². The molecule has 1 aliphatic rings. The van der Waals surface area contributed by atoms with Gasteiger partial charge in [-0.05, 0) is 66.6 Å². The average molecular weight is 348 g/mol. The molecule has 0 saturated carbocycles. The van der Waals surface area contributed by atoms with Crippen LogP contribution in [0.15, 0.2) is 16.5 Å². The van der Waals surface area contributed by atoms with Crippen LogP contribution in [0.25, 0.3) is 0 Å². The Morgan fingerprint density at radius 2 is 2.18 bits per heavy atom. The molecule has 17 heavy (non-hydrogen) atoms. The highest BCUT2D eigenvalue weighted by atomic mass is 127. The first-order valence-corrected chi connectivity index (χ1v) is 7.49. The van der Waals surface area contributed by atoms with Crippen molar-refractivity contribution in [2.45, 2.75) is 26.3 Å². The van der Waals surface area contributed by atoms with E-state index < -0.39 is 0 Å². The second-order valence-corrected chi connectivity index (χ2v) is 5.97. The average Bonchev–Trinajstić information content (AvgIpc) is 2.73. The van der Waals surface area contributed by atoms with E-state index in [2.05, 4.69) is 39.7 Å². The summed E-state index contributed by atoms with van der Waals surface area (Å²) in [4.78, 5) is 2.55. The molecule has 0 aromatic carbocycles. The van der Waals surface area contributed by atoms with Gasteiger partial charge in [-0.25, -0.2) is 0 Å². The zero-order valence-electron chi connectivity index (χ0n) is 10.4. The molecule has 3 nitrogen and oxygen atoms in total. The van der Waals surface area contributed by atoms with Crippen LogP contribution in [0.4, 0.5) is 0 Å². The number of hydrogen-bond donors (Lipinski definition) is 1. The Morgan fingerprint density at radius 3 is 2.82 bits per heavy atom. The van der Waals surface area contributed by atoms with Gasteiger partial charge in [-0.15, -0.1) is 0 Å². The van der Waals surface area contributed by atoms with E-state index in [4.69, 9.17) is 4.42 Å². The predicted octanol–water partition coefficient (Wildman–Crippen LogP) is 2.71. The lowest BCUT2D eigenvalue weighted by atomic mass is 9.99. The fraction of sp³-hybridized carbons (Fsp3) is 0.692. The van der Waals surface area contributed by atoms with Gasteiger partial charge < -0.3 is 14.6 Å². The van der Waals surface area contributed by atoms with Crippen LogP contribution < -0.4 is 5.32 Å². The van der Waals surface area contributed by atoms with E-state index in [1.807, 2.05) is 12.1 Å². The van der Waals surface area contributed by atoms with Crippen LogP contribution in [0.3, 0.4) is 0 Å². The van der Waals surface area contributed by atoms with Crippen molar-refractivity contribution in [1.82, 2.24) is 10.2 Å². The predicted molar refractivity (Wildman–Crippen MR) is 78.0 cm³/mol. The van der Waals surface area contributed by atoms with Crippen molar-refractivity contribution < 1.29 is 4.42 Å². The molecule has 2 rings (SSSR count). The minimum Gasteiger partial charge on any atom is -0.454 e. The molecule has 96 valence electrons. The Hall–Kier alpha value is -0.0700. The number of rotatable bonds is 5. The van der Waals surface area contributed by atoms with Gasteiger partial charge in [0.1, 0.15) is 5.76 Å². The third-order valence-electron chi connectivity index (χ3n) is 3.41. The van der Waals surface area contributed by atoms with Crippen molar-refractivity contribution in [1.29, 1.82) is 0 Å². The second-order valence-electron chi connectivity index (χ2n) is 4.91. The molecule has 0 bridgehead atoms. The molecule has 0 atom stereocenters. The number of nitrogens with one attached hydrogen (secondary N) is 1. The highest BCUT2D eigenvalue weighted by Crippen LogP contribution is 2.15. The first-order valence-electron chi connectivity index (χ1n) is 6.41. The lowest BCUT2D eigenvalue weighted by Gasteiger charge is -2.30. The SMILES string of the molecule is CC1CCN(CCNCc2ccc(I)o2)CC1. The van der Waals surface area contributed by atoms with Gasteiger partial charge in [-0.1, -0.05) is 6.92 Å². The molecule has 1 aliphatic heterocycles. The van der Waals surface area contributed by atoms with Gasteiger partial charge in [-0.3, -0.25) is 0 Å². The summed E-state index contributed by atoms with van der Waals surface area (Å²) < 4.78 is 6.46. The Labute approximate surface area is 117 Å². The lowest BCUT2D eigenvalue weighted by Crippen LogP contribution is -2.37. The molecule has 1 fully saturated rings. The maximum atomic E-state index is 5.50. The summed E-state index contributed by atoms with van der Waals surface area (Å²) in [5.41, 5.74) is 0. The van der Waals surface area contributed by atoms with Crippen LogP contribution in [-0.2, 0) is 6.54 Å². The fourth-order valence-electron chi connectivity index (χ4n) is 2.18. The lowest BCUT2D eigenvalue weighted by molar-refractivity contribution is 0.192. The molecule has 0 unspecified atom stereocenters. The largest absolute Gasteiger partial charge is 0.454 e. The van der Waals surface area contributed by atoms with Crippen LogP contribution in [0, 0.1) is 9.68 Å². The maximum absolute atomic E-state index is 5.50. The third kappa shape index (κ3) is 4.60. The molecule has 0 spiro atoms. The topological polar surface area (TPSA) is 28.4 Å². The highest BCUT2D eigenvalue weighted by molar-refractivity contribution is 14.1. The maximum Gasteiger partial charge on any atom is 0.164 e. The van der Waals surface area contributed by atoms with Gasteiger partial charge in [0.2, 0.25) is 0 Å². The van der Waals surface area contributed by atoms with Gasteiger partial charge in [0, 0.05) is 13.1 Å². The van der Waals surface area contributed by atoms with E-state index in [0.717, 1.165) is 35.1 Å². The normalized spacial score (nSPS) is 18.7. The summed E-state index contributed by atoms with van der Waals surface area (Å²) in [6, 6.07) is 4.04. The summed E-state index contributed by atoms with van der Waals surface area (Å²) in [7, 11) is 0. The van der Waals surface area contributed by atoms with Crippen molar-refractivity contribution in [2.75, 3.05) is 26.2 Å². The monoisotopic (exact) mass is 348 g/mol. The van der Waals surface area contributed by atoms with Gasteiger partial charge >= 0.3 is 0 Å². The van der Waals surface area contributed by atoms with E-state index >= 15 is 0 Å². The summed E-state index contributed by atoms with van der Waals surface area (Å²) in [5.74, 6) is 1.95. The molecule has 0 aliphatic carbocycles. The van der Waals surface area contributed by atoms with E-state index in [1.54, 1.807) is 0 Å². The molecule has 0 radical (unpaired) electrons. The Balaban J connectivity index is 1.57. The standard InChI is InChI=1S/C13H21IN2O/c1-11-4-7-16(8-5-11)9-6-15-10-12-2-3-13(14)17-12/h2-3,11,15H,4-10H2,1H3. The molecule has 4 heteroatoms. The van der Waals surface area contributed by atoms with Gasteiger partial charge in [0.05, 0.1) is 6.54 Å². The Morgan fingerprint density at radius 1 is 1.41 bits per heavy atom. The molecule has 1 aromatic rings. The molecular formula is C13H21IN2O. The van der Waals surface area contributed by atoms with Crippen LogP contribution >= 0.6 is 22.6 Å². The quantitative estimate of drug-likeness (QED) is 0.655. The van der Waals surface area contributed by atoms with Crippen molar-refractivity contribution in [3.63, 3.8) is 0 Å². The number of likely N-dealkylation sites (tertiary alicyclic amines) is 1. The van der Waals surface area contributed by atoms with Gasteiger partial charge in [0.15, 0.2) is 3.77 Å². The number of piperidine rings is 1. The first-order chi connectivity index (χ1) is 8.24. The Kier molecular flexibility index (Phi) is 5.31. The summed E-state index contributed by atoms with van der Waals surface area (Å²) in [6.45, 7) is 7.93. The third-order valence-corrected chi connectivity index (χ3v) is 3.99. The molecule has 2 heterocycles. The van der Waals surface area contributed by atoms with Crippen LogP contribution in [-0.4, -0.2) is 31.1 Å². The second kappa shape index (κ2) is 6.75. The van der Waals surface area contributed by atoms with E-state index in [1.165, 1.54) is 25.9 Å². The number of furan rings is 1.